The summed E-state index contributed by atoms with van der Waals surface area (Å²) in [5.41, 5.74) is 4.26. The van der Waals surface area contributed by atoms with E-state index in [4.69, 9.17) is 0 Å². The van der Waals surface area contributed by atoms with Crippen LogP contribution in [0.25, 0.3) is 0 Å². The number of aryl methyl sites for hydroxylation is 1. The molecule has 3 aromatic rings. The van der Waals surface area contributed by atoms with Gasteiger partial charge in [-0.2, -0.15) is 0 Å². The van der Waals surface area contributed by atoms with E-state index in [0.717, 1.165) is 16.9 Å². The molecule has 5 nitrogen and oxygen atoms in total. The Morgan fingerprint density at radius 2 is 1.74 bits per heavy atom. The van der Waals surface area contributed by atoms with Crippen LogP contribution in [0.15, 0.2) is 60.9 Å². The third kappa shape index (κ3) is 4.70. The van der Waals surface area contributed by atoms with Crippen LogP contribution in [-0.2, 0) is 5.41 Å². The van der Waals surface area contributed by atoms with E-state index in [-0.39, 0.29) is 17.0 Å². The lowest BCUT2D eigenvalue weighted by atomic mass is 9.86. The van der Waals surface area contributed by atoms with E-state index in [1.165, 1.54) is 11.8 Å². The van der Waals surface area contributed by atoms with Crippen molar-refractivity contribution in [2.45, 2.75) is 33.1 Å². The number of benzene rings is 2. The van der Waals surface area contributed by atoms with Gasteiger partial charge in [-0.1, -0.05) is 51.1 Å². The predicted molar refractivity (Wildman–Crippen MR) is 110 cm³/mol. The SMILES string of the molecule is Cc1cccc(NC(=O)c2cnc(Nc3ccccc3C(C)(C)C)cn2)c1. The molecular formula is C22H24N4O. The average molecular weight is 360 g/mol. The van der Waals surface area contributed by atoms with Gasteiger partial charge in [-0.05, 0) is 41.7 Å². The Labute approximate surface area is 159 Å². The predicted octanol–water partition coefficient (Wildman–Crippen LogP) is 5.08. The summed E-state index contributed by atoms with van der Waals surface area (Å²) in [4.78, 5) is 20.9. The zero-order valence-corrected chi connectivity index (χ0v) is 16.1. The van der Waals surface area contributed by atoms with Gasteiger partial charge in [0.2, 0.25) is 0 Å². The van der Waals surface area contributed by atoms with Gasteiger partial charge in [0.1, 0.15) is 11.5 Å². The summed E-state index contributed by atoms with van der Waals surface area (Å²) in [7, 11) is 0. The number of anilines is 3. The molecule has 0 saturated carbocycles. The molecule has 2 aromatic carbocycles. The van der Waals surface area contributed by atoms with Crippen LogP contribution >= 0.6 is 0 Å². The highest BCUT2D eigenvalue weighted by molar-refractivity contribution is 6.02. The first-order valence-corrected chi connectivity index (χ1v) is 8.89. The summed E-state index contributed by atoms with van der Waals surface area (Å²) in [5, 5.41) is 6.13. The Balaban J connectivity index is 1.74. The largest absolute Gasteiger partial charge is 0.339 e. The second-order valence-corrected chi connectivity index (χ2v) is 7.53. The molecule has 3 rings (SSSR count). The summed E-state index contributed by atoms with van der Waals surface area (Å²) in [6, 6.07) is 15.7. The molecule has 0 unspecified atom stereocenters. The van der Waals surface area contributed by atoms with Crippen LogP contribution in [-0.4, -0.2) is 15.9 Å². The van der Waals surface area contributed by atoms with E-state index in [2.05, 4.69) is 47.4 Å². The quantitative estimate of drug-likeness (QED) is 0.681. The van der Waals surface area contributed by atoms with Crippen molar-refractivity contribution < 1.29 is 4.79 Å². The van der Waals surface area contributed by atoms with Crippen molar-refractivity contribution >= 4 is 23.1 Å². The van der Waals surface area contributed by atoms with Crippen molar-refractivity contribution in [3.8, 4) is 0 Å². The lowest BCUT2D eigenvalue weighted by Gasteiger charge is -2.23. The van der Waals surface area contributed by atoms with Crippen LogP contribution < -0.4 is 10.6 Å². The molecule has 0 bridgehead atoms. The van der Waals surface area contributed by atoms with Gasteiger partial charge in [0, 0.05) is 11.4 Å². The van der Waals surface area contributed by atoms with E-state index in [9.17, 15) is 4.79 Å². The van der Waals surface area contributed by atoms with Crippen molar-refractivity contribution in [1.29, 1.82) is 0 Å². The van der Waals surface area contributed by atoms with Crippen LogP contribution in [0.5, 0.6) is 0 Å². The van der Waals surface area contributed by atoms with E-state index in [1.807, 2.05) is 49.4 Å². The summed E-state index contributed by atoms with van der Waals surface area (Å²) in [6.07, 6.45) is 3.05. The standard InChI is InChI=1S/C22H24N4O/c1-15-8-7-9-16(12-15)25-21(27)19-13-24-20(14-23-19)26-18-11-6-5-10-17(18)22(2,3)4/h5-14H,1-4H3,(H,24,26)(H,25,27). The van der Waals surface area contributed by atoms with Crippen LogP contribution in [0, 0.1) is 6.92 Å². The van der Waals surface area contributed by atoms with Gasteiger partial charge in [-0.3, -0.25) is 4.79 Å². The Hall–Kier alpha value is -3.21. The monoisotopic (exact) mass is 360 g/mol. The zero-order valence-electron chi connectivity index (χ0n) is 16.1. The number of carbonyl (C=O) groups is 1. The number of para-hydroxylation sites is 1. The highest BCUT2D eigenvalue weighted by atomic mass is 16.1. The molecule has 0 spiro atoms. The lowest BCUT2D eigenvalue weighted by molar-refractivity contribution is 0.102. The number of hydrogen-bond donors (Lipinski definition) is 2. The fourth-order valence-corrected chi connectivity index (χ4v) is 2.81. The first-order chi connectivity index (χ1) is 12.8. The Kier molecular flexibility index (Phi) is 5.21. The highest BCUT2D eigenvalue weighted by Crippen LogP contribution is 2.30. The second kappa shape index (κ2) is 7.58. The summed E-state index contributed by atoms with van der Waals surface area (Å²) in [6.45, 7) is 8.47. The summed E-state index contributed by atoms with van der Waals surface area (Å²) < 4.78 is 0. The van der Waals surface area contributed by atoms with Crippen LogP contribution in [0.1, 0.15) is 42.4 Å². The van der Waals surface area contributed by atoms with Gasteiger partial charge in [-0.15, -0.1) is 0 Å². The Morgan fingerprint density at radius 3 is 2.41 bits per heavy atom. The number of carbonyl (C=O) groups excluding carboxylic acids is 1. The molecule has 0 aliphatic rings. The minimum atomic E-state index is -0.283. The number of rotatable bonds is 4. The maximum Gasteiger partial charge on any atom is 0.275 e. The Bertz CT molecular complexity index is 943. The molecule has 0 saturated heterocycles. The fraction of sp³-hybridized carbons (Fsp3) is 0.227. The third-order valence-electron chi connectivity index (χ3n) is 4.16. The lowest BCUT2D eigenvalue weighted by Crippen LogP contribution is -2.15. The van der Waals surface area contributed by atoms with Gasteiger partial charge < -0.3 is 10.6 Å². The van der Waals surface area contributed by atoms with Crippen molar-refractivity contribution in [3.63, 3.8) is 0 Å². The molecule has 1 amide bonds. The summed E-state index contributed by atoms with van der Waals surface area (Å²) >= 11 is 0. The van der Waals surface area contributed by atoms with Gasteiger partial charge in [0.15, 0.2) is 0 Å². The minimum Gasteiger partial charge on any atom is -0.339 e. The Morgan fingerprint density at radius 1 is 0.963 bits per heavy atom. The zero-order chi connectivity index (χ0) is 19.4. The maximum absolute atomic E-state index is 12.3. The van der Waals surface area contributed by atoms with Gasteiger partial charge in [0.05, 0.1) is 12.4 Å². The van der Waals surface area contributed by atoms with Crippen molar-refractivity contribution in [2.24, 2.45) is 0 Å². The number of amides is 1. The number of nitrogens with zero attached hydrogens (tertiary/aromatic N) is 2. The van der Waals surface area contributed by atoms with E-state index < -0.39 is 0 Å². The number of aromatic nitrogens is 2. The first-order valence-electron chi connectivity index (χ1n) is 8.89. The molecular weight excluding hydrogens is 336 g/mol. The second-order valence-electron chi connectivity index (χ2n) is 7.53. The molecule has 0 atom stereocenters. The smallest absolute Gasteiger partial charge is 0.275 e. The number of nitrogens with one attached hydrogen (secondary N) is 2. The maximum atomic E-state index is 12.3. The van der Waals surface area contributed by atoms with Gasteiger partial charge in [-0.25, -0.2) is 9.97 Å². The molecule has 0 aliphatic carbocycles. The van der Waals surface area contributed by atoms with Crippen molar-refractivity contribution in [3.05, 3.63) is 77.7 Å². The van der Waals surface area contributed by atoms with E-state index >= 15 is 0 Å². The van der Waals surface area contributed by atoms with Gasteiger partial charge in [0.25, 0.3) is 5.91 Å². The fourth-order valence-electron chi connectivity index (χ4n) is 2.81. The van der Waals surface area contributed by atoms with Gasteiger partial charge >= 0.3 is 0 Å². The topological polar surface area (TPSA) is 66.9 Å². The first kappa shape index (κ1) is 18.6. The highest BCUT2D eigenvalue weighted by Gasteiger charge is 2.18. The average Bonchev–Trinajstić information content (AvgIpc) is 2.62. The molecule has 2 N–H and O–H groups in total. The minimum absolute atomic E-state index is 0.00463. The third-order valence-corrected chi connectivity index (χ3v) is 4.16. The van der Waals surface area contributed by atoms with E-state index in [1.54, 1.807) is 6.20 Å². The van der Waals surface area contributed by atoms with Crippen LogP contribution in [0.2, 0.25) is 0 Å². The molecule has 0 fully saturated rings. The van der Waals surface area contributed by atoms with Crippen LogP contribution in [0.3, 0.4) is 0 Å². The molecule has 138 valence electrons. The van der Waals surface area contributed by atoms with Crippen molar-refractivity contribution in [2.75, 3.05) is 10.6 Å². The molecule has 5 heteroatoms. The van der Waals surface area contributed by atoms with Crippen molar-refractivity contribution in [1.82, 2.24) is 9.97 Å². The summed E-state index contributed by atoms with van der Waals surface area (Å²) in [5.74, 6) is 0.313. The number of hydrogen-bond acceptors (Lipinski definition) is 4. The normalized spacial score (nSPS) is 11.1. The molecule has 1 aromatic heterocycles. The molecule has 1 heterocycles. The van der Waals surface area contributed by atoms with Crippen LogP contribution in [0.4, 0.5) is 17.2 Å². The molecule has 0 aliphatic heterocycles. The van der Waals surface area contributed by atoms with E-state index in [0.29, 0.717) is 5.82 Å². The molecule has 27 heavy (non-hydrogen) atoms. The molecule has 0 radical (unpaired) electrons.